The van der Waals surface area contributed by atoms with Crippen molar-refractivity contribution in [3.05, 3.63) is 71.6 Å². The van der Waals surface area contributed by atoms with Crippen LogP contribution in [0.3, 0.4) is 0 Å². The number of imide groups is 1. The van der Waals surface area contributed by atoms with Crippen LogP contribution in [0, 0.1) is 5.82 Å². The highest BCUT2D eigenvalue weighted by atomic mass is 19.1. The number of hydrogen-bond acceptors (Lipinski definition) is 4. The van der Waals surface area contributed by atoms with Gasteiger partial charge < -0.3 is 10.1 Å². The molecule has 2 aromatic rings. The number of urea groups is 1. The van der Waals surface area contributed by atoms with Gasteiger partial charge in [-0.15, -0.1) is 0 Å². The molecular weight excluding hydrogens is 363 g/mol. The zero-order valence-electron chi connectivity index (χ0n) is 15.6. The van der Waals surface area contributed by atoms with Crippen molar-refractivity contribution in [3.63, 3.8) is 0 Å². The van der Waals surface area contributed by atoms with Crippen LogP contribution < -0.4 is 10.6 Å². The first kappa shape index (κ1) is 20.8. The number of carbonyl (C=O) groups excluding carboxylic acids is 3. The summed E-state index contributed by atoms with van der Waals surface area (Å²) in [7, 11) is 0. The van der Waals surface area contributed by atoms with E-state index in [9.17, 15) is 18.8 Å². The highest BCUT2D eigenvalue weighted by molar-refractivity contribution is 6.02. The second-order valence-corrected chi connectivity index (χ2v) is 6.24. The maximum atomic E-state index is 13.4. The van der Waals surface area contributed by atoms with E-state index in [1.54, 1.807) is 6.08 Å². The summed E-state index contributed by atoms with van der Waals surface area (Å²) in [6, 6.07) is 12.3. The van der Waals surface area contributed by atoms with Gasteiger partial charge >= 0.3 is 12.0 Å². The number of amides is 3. The Morgan fingerprint density at radius 2 is 1.75 bits per heavy atom. The molecule has 146 valence electrons. The molecule has 0 aliphatic heterocycles. The summed E-state index contributed by atoms with van der Waals surface area (Å²) in [6.45, 7) is 3.54. The Morgan fingerprint density at radius 1 is 1.07 bits per heavy atom. The monoisotopic (exact) mass is 384 g/mol. The average Bonchev–Trinajstić information content (AvgIpc) is 2.66. The fraction of sp³-hybridized carbons (Fsp3) is 0.190. The van der Waals surface area contributed by atoms with E-state index in [2.05, 4.69) is 19.2 Å². The zero-order chi connectivity index (χ0) is 20.5. The van der Waals surface area contributed by atoms with Crippen molar-refractivity contribution in [1.82, 2.24) is 5.32 Å². The van der Waals surface area contributed by atoms with Crippen molar-refractivity contribution in [2.45, 2.75) is 19.8 Å². The predicted octanol–water partition coefficient (Wildman–Crippen LogP) is 3.85. The van der Waals surface area contributed by atoms with E-state index in [0.717, 1.165) is 5.56 Å². The third-order valence-electron chi connectivity index (χ3n) is 3.74. The van der Waals surface area contributed by atoms with Crippen molar-refractivity contribution in [2.75, 3.05) is 11.9 Å². The topological polar surface area (TPSA) is 84.5 Å². The Labute approximate surface area is 162 Å². The third-order valence-corrected chi connectivity index (χ3v) is 3.74. The number of benzene rings is 2. The van der Waals surface area contributed by atoms with Crippen molar-refractivity contribution in [1.29, 1.82) is 0 Å². The van der Waals surface area contributed by atoms with E-state index in [4.69, 9.17) is 4.74 Å². The molecule has 0 unspecified atom stereocenters. The van der Waals surface area contributed by atoms with Gasteiger partial charge in [-0.3, -0.25) is 10.1 Å². The summed E-state index contributed by atoms with van der Waals surface area (Å²) in [5.41, 5.74) is 1.93. The lowest BCUT2D eigenvalue weighted by Gasteiger charge is -2.07. The van der Waals surface area contributed by atoms with Crippen LogP contribution in [0.5, 0.6) is 0 Å². The van der Waals surface area contributed by atoms with Gasteiger partial charge in [-0.2, -0.15) is 0 Å². The number of anilines is 1. The molecule has 0 saturated heterocycles. The number of para-hydroxylation sites is 1. The van der Waals surface area contributed by atoms with E-state index in [1.807, 2.05) is 29.6 Å². The molecule has 7 heteroatoms. The molecule has 0 radical (unpaired) electrons. The van der Waals surface area contributed by atoms with Crippen LogP contribution >= 0.6 is 0 Å². The maximum absolute atomic E-state index is 13.4. The van der Waals surface area contributed by atoms with Crippen LogP contribution in [-0.2, 0) is 14.3 Å². The molecule has 0 aliphatic carbocycles. The average molecular weight is 384 g/mol. The lowest BCUT2D eigenvalue weighted by atomic mass is 10.0. The predicted molar refractivity (Wildman–Crippen MR) is 104 cm³/mol. The molecule has 0 aromatic heterocycles. The maximum Gasteiger partial charge on any atom is 0.331 e. The number of nitrogens with one attached hydrogen (secondary N) is 2. The van der Waals surface area contributed by atoms with Crippen LogP contribution in [0.4, 0.5) is 14.9 Å². The van der Waals surface area contributed by atoms with E-state index >= 15 is 0 Å². The molecule has 28 heavy (non-hydrogen) atoms. The largest absolute Gasteiger partial charge is 0.452 e. The number of ether oxygens (including phenoxy) is 1. The van der Waals surface area contributed by atoms with Gasteiger partial charge in [0.05, 0.1) is 5.69 Å². The van der Waals surface area contributed by atoms with Gasteiger partial charge in [-0.25, -0.2) is 14.0 Å². The standard InChI is InChI=1S/C21H21FN2O4/c1-14(2)16-10-7-15(8-11-16)9-12-20(26)28-13-19(25)24-21(27)23-18-6-4-3-5-17(18)22/h3-12,14H,13H2,1-2H3,(H2,23,24,25,27)/b12-9+. The quantitative estimate of drug-likeness (QED) is 0.585. The van der Waals surface area contributed by atoms with E-state index < -0.39 is 30.3 Å². The summed E-state index contributed by atoms with van der Waals surface area (Å²) < 4.78 is 18.2. The van der Waals surface area contributed by atoms with Crippen molar-refractivity contribution >= 4 is 29.7 Å². The summed E-state index contributed by atoms with van der Waals surface area (Å²) >= 11 is 0. The van der Waals surface area contributed by atoms with Gasteiger partial charge in [0, 0.05) is 6.08 Å². The number of hydrogen-bond donors (Lipinski definition) is 2. The van der Waals surface area contributed by atoms with Crippen LogP contribution in [0.25, 0.3) is 6.08 Å². The summed E-state index contributed by atoms with van der Waals surface area (Å²) in [5, 5.41) is 4.13. The van der Waals surface area contributed by atoms with Gasteiger partial charge in [-0.05, 0) is 35.3 Å². The molecule has 0 bridgehead atoms. The first-order chi connectivity index (χ1) is 13.3. The van der Waals surface area contributed by atoms with Crippen LogP contribution in [0.2, 0.25) is 0 Å². The molecule has 0 aliphatic rings. The lowest BCUT2D eigenvalue weighted by Crippen LogP contribution is -2.37. The van der Waals surface area contributed by atoms with Gasteiger partial charge in [0.25, 0.3) is 5.91 Å². The number of esters is 1. The van der Waals surface area contributed by atoms with Crippen molar-refractivity contribution < 1.29 is 23.5 Å². The van der Waals surface area contributed by atoms with Crippen LogP contribution in [0.15, 0.2) is 54.6 Å². The fourth-order valence-corrected chi connectivity index (χ4v) is 2.22. The molecule has 2 aromatic carbocycles. The summed E-state index contributed by atoms with van der Waals surface area (Å²) in [6.07, 6.45) is 2.76. The molecule has 0 atom stereocenters. The van der Waals surface area contributed by atoms with E-state index in [-0.39, 0.29) is 5.69 Å². The Bertz CT molecular complexity index is 876. The molecule has 3 amide bonds. The minimum absolute atomic E-state index is 0.0730. The fourth-order valence-electron chi connectivity index (χ4n) is 2.22. The van der Waals surface area contributed by atoms with Crippen molar-refractivity contribution in [3.8, 4) is 0 Å². The number of halogens is 1. The van der Waals surface area contributed by atoms with Gasteiger partial charge in [0.1, 0.15) is 5.82 Å². The molecule has 0 spiro atoms. The molecule has 6 nitrogen and oxygen atoms in total. The normalized spacial score (nSPS) is 10.7. The van der Waals surface area contributed by atoms with Crippen LogP contribution in [-0.4, -0.2) is 24.5 Å². The second kappa shape index (κ2) is 10.0. The molecule has 0 saturated carbocycles. The highest BCUT2D eigenvalue weighted by Gasteiger charge is 2.11. The molecule has 2 rings (SSSR count). The van der Waals surface area contributed by atoms with Gasteiger partial charge in [0.15, 0.2) is 6.61 Å². The third kappa shape index (κ3) is 6.68. The summed E-state index contributed by atoms with van der Waals surface area (Å²) in [5.74, 6) is -1.78. The Kier molecular flexibility index (Phi) is 7.45. The molecule has 0 fully saturated rings. The minimum Gasteiger partial charge on any atom is -0.452 e. The van der Waals surface area contributed by atoms with Gasteiger partial charge in [0.2, 0.25) is 0 Å². The molecular formula is C21H21FN2O4. The molecule has 0 heterocycles. The highest BCUT2D eigenvalue weighted by Crippen LogP contribution is 2.15. The summed E-state index contributed by atoms with van der Waals surface area (Å²) in [4.78, 5) is 35.0. The van der Waals surface area contributed by atoms with E-state index in [1.165, 1.54) is 35.9 Å². The Hall–Kier alpha value is -3.48. The number of carbonyl (C=O) groups is 3. The van der Waals surface area contributed by atoms with Gasteiger partial charge in [-0.1, -0.05) is 50.2 Å². The first-order valence-electron chi connectivity index (χ1n) is 8.65. The Morgan fingerprint density at radius 3 is 2.39 bits per heavy atom. The van der Waals surface area contributed by atoms with E-state index in [0.29, 0.717) is 5.92 Å². The smallest absolute Gasteiger partial charge is 0.331 e. The Balaban J connectivity index is 1.76. The SMILES string of the molecule is CC(C)c1ccc(/C=C/C(=O)OCC(=O)NC(=O)Nc2ccccc2F)cc1. The minimum atomic E-state index is -0.924. The van der Waals surface area contributed by atoms with Crippen molar-refractivity contribution in [2.24, 2.45) is 0 Å². The zero-order valence-corrected chi connectivity index (χ0v) is 15.6. The lowest BCUT2D eigenvalue weighted by molar-refractivity contribution is -0.143. The second-order valence-electron chi connectivity index (χ2n) is 6.24. The van der Waals surface area contributed by atoms with Crippen LogP contribution in [0.1, 0.15) is 30.9 Å². The molecule has 2 N–H and O–H groups in total. The number of rotatable bonds is 6. The first-order valence-corrected chi connectivity index (χ1v) is 8.65.